The minimum Gasteiger partial charge on any atom is -0.328 e. The molecule has 0 aliphatic heterocycles. The van der Waals surface area contributed by atoms with Crippen molar-refractivity contribution < 1.29 is 7.13 Å². The van der Waals surface area contributed by atoms with Crippen LogP contribution in [0, 0.1) is 0 Å². The van der Waals surface area contributed by atoms with E-state index < -0.39 is 23.8 Å². The predicted molar refractivity (Wildman–Crippen MR) is 74.6 cm³/mol. The van der Waals surface area contributed by atoms with Gasteiger partial charge < -0.3 is 4.57 Å². The maximum absolute atomic E-state index is 13.1. The van der Waals surface area contributed by atoms with E-state index >= 15 is 0 Å². The molecular formula is C13H19FN4O2. The van der Waals surface area contributed by atoms with Gasteiger partial charge in [0.2, 0.25) is 0 Å². The number of fused-ring (bicyclic) bond motifs is 1. The summed E-state index contributed by atoms with van der Waals surface area (Å²) in [6.07, 6.45) is -1.99. The standard InChI is InChI=1S/C13H19FN4O2/c1-9(14)6-4-5-7-18-12(19)10-11(15-8-16(10)2)17(3)13(18)20/h8-9H,4-7H2,1-3H3/t9-/m0/s1/i6D2. The summed E-state index contributed by atoms with van der Waals surface area (Å²) in [5.74, 6) is 0. The van der Waals surface area contributed by atoms with E-state index in [0.29, 0.717) is 11.2 Å². The summed E-state index contributed by atoms with van der Waals surface area (Å²) in [4.78, 5) is 28.6. The first kappa shape index (κ1) is 11.9. The van der Waals surface area contributed by atoms with Crippen molar-refractivity contribution in [1.29, 1.82) is 0 Å². The third-order valence-electron chi connectivity index (χ3n) is 3.19. The quantitative estimate of drug-likeness (QED) is 0.821. The number of aryl methyl sites for hydroxylation is 2. The van der Waals surface area contributed by atoms with E-state index in [1.54, 1.807) is 7.05 Å². The monoisotopic (exact) mass is 284 g/mol. The first-order chi connectivity index (χ1) is 10.2. The van der Waals surface area contributed by atoms with Gasteiger partial charge in [-0.15, -0.1) is 0 Å². The van der Waals surface area contributed by atoms with Gasteiger partial charge in [0, 0.05) is 23.4 Å². The number of aromatic nitrogens is 4. The molecule has 0 saturated carbocycles. The van der Waals surface area contributed by atoms with Crippen LogP contribution >= 0.6 is 0 Å². The van der Waals surface area contributed by atoms with Gasteiger partial charge in [0.1, 0.15) is 0 Å². The number of alkyl halides is 1. The largest absolute Gasteiger partial charge is 0.332 e. The summed E-state index contributed by atoms with van der Waals surface area (Å²) >= 11 is 0. The van der Waals surface area contributed by atoms with Crippen molar-refractivity contribution in [3.63, 3.8) is 0 Å². The molecule has 0 fully saturated rings. The lowest BCUT2D eigenvalue weighted by molar-refractivity contribution is 0.328. The molecule has 110 valence electrons. The topological polar surface area (TPSA) is 61.8 Å². The summed E-state index contributed by atoms with van der Waals surface area (Å²) < 4.78 is 32.1. The lowest BCUT2D eigenvalue weighted by Crippen LogP contribution is -2.39. The second-order valence-corrected chi connectivity index (χ2v) is 4.75. The third-order valence-corrected chi connectivity index (χ3v) is 3.19. The van der Waals surface area contributed by atoms with Gasteiger partial charge >= 0.3 is 5.69 Å². The van der Waals surface area contributed by atoms with Gasteiger partial charge in [0.15, 0.2) is 11.2 Å². The Morgan fingerprint density at radius 2 is 2.10 bits per heavy atom. The minimum absolute atomic E-state index is 0.0405. The Labute approximate surface area is 118 Å². The summed E-state index contributed by atoms with van der Waals surface area (Å²) in [6.45, 7) is 1.20. The second-order valence-electron chi connectivity index (χ2n) is 4.75. The molecule has 2 aromatic rings. The maximum atomic E-state index is 13.1. The molecule has 2 heterocycles. The lowest BCUT2D eigenvalue weighted by Gasteiger charge is -2.08. The summed E-state index contributed by atoms with van der Waals surface area (Å²) in [6, 6.07) is 0. The van der Waals surface area contributed by atoms with Crippen LogP contribution in [-0.4, -0.2) is 24.9 Å². The maximum Gasteiger partial charge on any atom is 0.332 e. The first-order valence-corrected chi connectivity index (χ1v) is 6.41. The summed E-state index contributed by atoms with van der Waals surface area (Å²) in [5, 5.41) is 0. The van der Waals surface area contributed by atoms with Crippen LogP contribution in [0.2, 0.25) is 0 Å². The van der Waals surface area contributed by atoms with Crippen molar-refractivity contribution >= 4 is 11.2 Å². The highest BCUT2D eigenvalue weighted by Crippen LogP contribution is 2.06. The fraction of sp³-hybridized carbons (Fsp3) is 0.615. The van der Waals surface area contributed by atoms with E-state index in [9.17, 15) is 14.0 Å². The zero-order valence-corrected chi connectivity index (χ0v) is 11.8. The fourth-order valence-corrected chi connectivity index (χ4v) is 2.13. The van der Waals surface area contributed by atoms with E-state index in [2.05, 4.69) is 4.98 Å². The van der Waals surface area contributed by atoms with Crippen LogP contribution in [0.5, 0.6) is 0 Å². The van der Waals surface area contributed by atoms with E-state index in [-0.39, 0.29) is 19.4 Å². The number of halogens is 1. The van der Waals surface area contributed by atoms with Crippen LogP contribution < -0.4 is 11.2 Å². The predicted octanol–water partition coefficient (Wildman–Crippen LogP) is 0.962. The Morgan fingerprint density at radius 3 is 2.75 bits per heavy atom. The van der Waals surface area contributed by atoms with Crippen LogP contribution in [0.3, 0.4) is 0 Å². The van der Waals surface area contributed by atoms with E-state index in [1.165, 1.54) is 22.5 Å². The summed E-state index contributed by atoms with van der Waals surface area (Å²) in [7, 11) is 3.19. The molecule has 20 heavy (non-hydrogen) atoms. The molecule has 0 saturated heterocycles. The molecule has 0 N–H and O–H groups in total. The van der Waals surface area contributed by atoms with Crippen molar-refractivity contribution in [2.24, 2.45) is 14.1 Å². The highest BCUT2D eigenvalue weighted by molar-refractivity contribution is 5.69. The molecule has 7 heteroatoms. The normalized spacial score (nSPS) is 15.2. The van der Waals surface area contributed by atoms with Crippen LogP contribution in [0.15, 0.2) is 15.9 Å². The Morgan fingerprint density at radius 1 is 1.40 bits per heavy atom. The van der Waals surface area contributed by atoms with Crippen molar-refractivity contribution in [3.05, 3.63) is 27.2 Å². The molecule has 0 radical (unpaired) electrons. The zero-order valence-electron chi connectivity index (χ0n) is 13.8. The number of imidazole rings is 1. The Hall–Kier alpha value is -1.92. The lowest BCUT2D eigenvalue weighted by atomic mass is 10.2. The molecule has 6 nitrogen and oxygen atoms in total. The highest BCUT2D eigenvalue weighted by atomic mass is 19.1. The Balaban J connectivity index is 2.35. The second kappa shape index (κ2) is 5.60. The van der Waals surface area contributed by atoms with Gasteiger partial charge in [0.25, 0.3) is 5.56 Å². The third kappa shape index (κ3) is 2.52. The summed E-state index contributed by atoms with van der Waals surface area (Å²) in [5.41, 5.74) is -0.359. The van der Waals surface area contributed by atoms with Crippen LogP contribution in [0.25, 0.3) is 11.2 Å². The fourth-order valence-electron chi connectivity index (χ4n) is 2.13. The first-order valence-electron chi connectivity index (χ1n) is 7.41. The molecular weight excluding hydrogens is 263 g/mol. The van der Waals surface area contributed by atoms with Crippen molar-refractivity contribution in [3.8, 4) is 0 Å². The van der Waals surface area contributed by atoms with Crippen molar-refractivity contribution in [1.82, 2.24) is 18.7 Å². The van der Waals surface area contributed by atoms with Gasteiger partial charge in [-0.1, -0.05) is 0 Å². The van der Waals surface area contributed by atoms with E-state index in [1.807, 2.05) is 0 Å². The average molecular weight is 284 g/mol. The molecule has 2 rings (SSSR count). The molecule has 0 aliphatic carbocycles. The van der Waals surface area contributed by atoms with Gasteiger partial charge in [-0.05, 0) is 26.1 Å². The van der Waals surface area contributed by atoms with E-state index in [0.717, 1.165) is 11.5 Å². The molecule has 0 aromatic carbocycles. The van der Waals surface area contributed by atoms with Crippen molar-refractivity contribution in [2.45, 2.75) is 38.9 Å². The molecule has 2 aromatic heterocycles. The molecule has 1 atom stereocenters. The van der Waals surface area contributed by atoms with E-state index in [4.69, 9.17) is 2.74 Å². The Kier molecular flexibility index (Phi) is 3.32. The molecule has 0 unspecified atom stereocenters. The molecule has 0 aliphatic rings. The SMILES string of the molecule is [2H]C([2H])(CCCn1c(=O)c2c(ncn2C)n(C)c1=O)[C@H](C)F. The number of nitrogens with zero attached hydrogens (tertiary/aromatic N) is 4. The number of hydrogen-bond donors (Lipinski definition) is 0. The molecule has 0 amide bonds. The number of rotatable bonds is 5. The molecule has 0 spiro atoms. The number of hydrogen-bond acceptors (Lipinski definition) is 3. The zero-order chi connectivity index (χ0) is 16.7. The minimum atomic E-state index is -1.97. The highest BCUT2D eigenvalue weighted by Gasteiger charge is 2.14. The van der Waals surface area contributed by atoms with Crippen LogP contribution in [0.4, 0.5) is 4.39 Å². The van der Waals surface area contributed by atoms with Gasteiger partial charge in [-0.2, -0.15) is 0 Å². The molecule has 0 bridgehead atoms. The average Bonchev–Trinajstić information content (AvgIpc) is 2.82. The van der Waals surface area contributed by atoms with Gasteiger partial charge in [-0.25, -0.2) is 14.2 Å². The Bertz CT molecular complexity index is 807. The van der Waals surface area contributed by atoms with Gasteiger partial charge in [-0.3, -0.25) is 13.9 Å². The van der Waals surface area contributed by atoms with Crippen LogP contribution in [-0.2, 0) is 20.6 Å². The smallest absolute Gasteiger partial charge is 0.328 e. The van der Waals surface area contributed by atoms with Crippen molar-refractivity contribution in [2.75, 3.05) is 0 Å². The van der Waals surface area contributed by atoms with Crippen LogP contribution in [0.1, 0.15) is 28.9 Å². The van der Waals surface area contributed by atoms with Gasteiger partial charge in [0.05, 0.1) is 12.5 Å².